The molecule has 176 valence electrons. The van der Waals surface area contributed by atoms with Crippen LogP contribution in [0.3, 0.4) is 0 Å². The number of nitrogens with one attached hydrogen (secondary N) is 1. The third-order valence-corrected chi connectivity index (χ3v) is 5.86. The fourth-order valence-electron chi connectivity index (χ4n) is 4.20. The second kappa shape index (κ2) is 9.20. The third-order valence-electron chi connectivity index (χ3n) is 5.86. The molecule has 3 N–H and O–H groups in total. The van der Waals surface area contributed by atoms with Gasteiger partial charge in [-0.25, -0.2) is 19.7 Å². The number of aliphatic hydroxyl groups is 2. The molecule has 3 aromatic heterocycles. The predicted molar refractivity (Wildman–Crippen MR) is 125 cm³/mol. The van der Waals surface area contributed by atoms with Gasteiger partial charge >= 0.3 is 6.03 Å². The van der Waals surface area contributed by atoms with E-state index < -0.39 is 12.7 Å². The second-order valence-corrected chi connectivity index (χ2v) is 8.30. The maximum Gasteiger partial charge on any atom is 0.329 e. The molecule has 0 aromatic carbocycles. The highest BCUT2D eigenvalue weighted by atomic mass is 16.5. The molecule has 11 nitrogen and oxygen atoms in total. The van der Waals surface area contributed by atoms with Crippen LogP contribution in [-0.2, 0) is 0 Å². The van der Waals surface area contributed by atoms with E-state index in [-0.39, 0.29) is 30.4 Å². The van der Waals surface area contributed by atoms with Crippen molar-refractivity contribution in [3.63, 3.8) is 0 Å². The average molecular weight is 463 g/mol. The number of pyridine rings is 2. The first-order valence-electron chi connectivity index (χ1n) is 11.0. The van der Waals surface area contributed by atoms with Crippen molar-refractivity contribution >= 4 is 23.4 Å². The Labute approximate surface area is 196 Å². The summed E-state index contributed by atoms with van der Waals surface area (Å²) in [7, 11) is 0. The van der Waals surface area contributed by atoms with Crippen LogP contribution < -0.4 is 19.9 Å². The second-order valence-electron chi connectivity index (χ2n) is 8.30. The molecule has 2 aliphatic rings. The van der Waals surface area contributed by atoms with Crippen molar-refractivity contribution in [2.24, 2.45) is 0 Å². The van der Waals surface area contributed by atoms with Crippen molar-refractivity contribution in [2.75, 3.05) is 41.4 Å². The minimum atomic E-state index is -1.00. The molecule has 2 bridgehead atoms. The Bertz CT molecular complexity index is 1190. The molecule has 2 atom stereocenters. The van der Waals surface area contributed by atoms with Crippen LogP contribution in [0.4, 0.5) is 22.1 Å². The van der Waals surface area contributed by atoms with Crippen molar-refractivity contribution in [1.82, 2.24) is 19.9 Å². The zero-order valence-corrected chi connectivity index (χ0v) is 18.6. The van der Waals surface area contributed by atoms with E-state index in [0.717, 1.165) is 42.1 Å². The van der Waals surface area contributed by atoms with Crippen molar-refractivity contribution in [2.45, 2.75) is 25.5 Å². The first-order valence-corrected chi connectivity index (χ1v) is 11.0. The quantitative estimate of drug-likeness (QED) is 0.498. The number of carbonyl (C=O) groups is 1. The van der Waals surface area contributed by atoms with E-state index in [4.69, 9.17) is 14.8 Å². The van der Waals surface area contributed by atoms with Crippen LogP contribution in [0.15, 0.2) is 42.9 Å². The van der Waals surface area contributed by atoms with Gasteiger partial charge in [0.15, 0.2) is 11.6 Å². The van der Waals surface area contributed by atoms with Gasteiger partial charge in [0.05, 0.1) is 36.4 Å². The number of hydrogen-bond acceptors (Lipinski definition) is 9. The highest BCUT2D eigenvalue weighted by Crippen LogP contribution is 2.40. The summed E-state index contributed by atoms with van der Waals surface area (Å²) >= 11 is 0. The highest BCUT2D eigenvalue weighted by molar-refractivity contribution is 6.04. The van der Waals surface area contributed by atoms with E-state index in [1.54, 1.807) is 11.1 Å². The van der Waals surface area contributed by atoms with Gasteiger partial charge in [0, 0.05) is 30.5 Å². The number of anilines is 3. The molecule has 34 heavy (non-hydrogen) atoms. The lowest BCUT2D eigenvalue weighted by Crippen LogP contribution is -2.48. The lowest BCUT2D eigenvalue weighted by atomic mass is 10.1. The summed E-state index contributed by atoms with van der Waals surface area (Å²) < 4.78 is 5.26. The van der Waals surface area contributed by atoms with Gasteiger partial charge in [0.2, 0.25) is 5.88 Å². The molecule has 0 spiro atoms. The molecular formula is C23H25N7O4. The molecule has 0 aliphatic carbocycles. The van der Waals surface area contributed by atoms with Crippen LogP contribution in [0.5, 0.6) is 5.88 Å². The molecule has 2 aliphatic heterocycles. The van der Waals surface area contributed by atoms with E-state index >= 15 is 0 Å². The standard InChI is InChI=1S/C23H25N7O4/c1-14-8-15(4-6-24-14)18-2-3-19-22(27-18)30(16-5-7-29(19)11-16)23(33)28-20-9-26-21(10-25-20)34-13-17(32)12-31/h2-4,6,8-10,16-17,31-32H,5,7,11-13H2,1H3,(H,25,28,33)/t16-,17-/m0/s1. The molecule has 5 heterocycles. The topological polar surface area (TPSA) is 137 Å². The van der Waals surface area contributed by atoms with Crippen LogP contribution in [-0.4, -0.2) is 74.6 Å². The largest absolute Gasteiger partial charge is 0.474 e. The van der Waals surface area contributed by atoms with E-state index in [9.17, 15) is 9.90 Å². The number of aliphatic hydroxyl groups excluding tert-OH is 2. The number of rotatable bonds is 6. The normalized spacial score (nSPS) is 17.3. The van der Waals surface area contributed by atoms with Crippen LogP contribution in [0.2, 0.25) is 0 Å². The first-order chi connectivity index (χ1) is 16.5. The fourth-order valence-corrected chi connectivity index (χ4v) is 4.20. The van der Waals surface area contributed by atoms with Crippen molar-refractivity contribution in [3.8, 4) is 17.1 Å². The Morgan fingerprint density at radius 1 is 1.26 bits per heavy atom. The van der Waals surface area contributed by atoms with E-state index in [2.05, 4.69) is 25.2 Å². The Balaban J connectivity index is 1.37. The Morgan fingerprint density at radius 3 is 2.91 bits per heavy atom. The maximum absolute atomic E-state index is 13.3. The molecule has 11 heteroatoms. The maximum atomic E-state index is 13.3. The summed E-state index contributed by atoms with van der Waals surface area (Å²) in [5.74, 6) is 1.06. The Kier molecular flexibility index (Phi) is 5.95. The number of aryl methyl sites for hydroxylation is 1. The lowest BCUT2D eigenvalue weighted by molar-refractivity contribution is 0.0520. The molecule has 0 saturated carbocycles. The summed E-state index contributed by atoms with van der Waals surface area (Å²) in [5, 5.41) is 21.0. The monoisotopic (exact) mass is 463 g/mol. The zero-order chi connectivity index (χ0) is 23.7. The molecule has 2 amide bonds. The first kappa shape index (κ1) is 22.0. The number of fused-ring (bicyclic) bond motifs is 4. The number of ether oxygens (including phenoxy) is 1. The Hall–Kier alpha value is -3.83. The minimum absolute atomic E-state index is 0.00459. The third kappa shape index (κ3) is 4.35. The van der Waals surface area contributed by atoms with Crippen LogP contribution in [0, 0.1) is 6.92 Å². The van der Waals surface area contributed by atoms with Gasteiger partial charge in [-0.05, 0) is 37.6 Å². The number of aromatic nitrogens is 4. The van der Waals surface area contributed by atoms with Crippen molar-refractivity contribution in [1.29, 1.82) is 0 Å². The van der Waals surface area contributed by atoms with Crippen molar-refractivity contribution < 1.29 is 19.7 Å². The molecule has 3 aromatic rings. The molecule has 5 rings (SSSR count). The lowest BCUT2D eigenvalue weighted by Gasteiger charge is -2.35. The summed E-state index contributed by atoms with van der Waals surface area (Å²) in [4.78, 5) is 34.7. The van der Waals surface area contributed by atoms with Crippen LogP contribution >= 0.6 is 0 Å². The number of amides is 2. The van der Waals surface area contributed by atoms with Gasteiger partial charge in [0.1, 0.15) is 12.7 Å². The average Bonchev–Trinajstić information content (AvgIpc) is 3.27. The fraction of sp³-hybridized carbons (Fsp3) is 0.348. The van der Waals surface area contributed by atoms with E-state index in [1.165, 1.54) is 12.4 Å². The summed E-state index contributed by atoms with van der Waals surface area (Å²) in [6, 6.07) is 7.53. The number of urea groups is 1. The van der Waals surface area contributed by atoms with Gasteiger partial charge in [-0.1, -0.05) is 0 Å². The van der Waals surface area contributed by atoms with Crippen molar-refractivity contribution in [3.05, 3.63) is 48.5 Å². The summed E-state index contributed by atoms with van der Waals surface area (Å²) in [5.41, 5.74) is 3.54. The zero-order valence-electron chi connectivity index (χ0n) is 18.6. The SMILES string of the molecule is Cc1cc(-c2ccc3c(n2)N(C(=O)Nc2cnc(OC[C@@H](O)CO)cn2)[C@H]2CCN3C2)ccn1. The molecule has 0 unspecified atom stereocenters. The van der Waals surface area contributed by atoms with Gasteiger partial charge in [-0.2, -0.15) is 0 Å². The molecule has 1 saturated heterocycles. The van der Waals surface area contributed by atoms with E-state index in [1.807, 2.05) is 31.2 Å². The van der Waals surface area contributed by atoms with E-state index in [0.29, 0.717) is 5.82 Å². The van der Waals surface area contributed by atoms with Gasteiger partial charge < -0.3 is 19.8 Å². The molecular weight excluding hydrogens is 438 g/mol. The number of hydrogen-bond donors (Lipinski definition) is 3. The highest BCUT2D eigenvalue weighted by Gasteiger charge is 2.40. The molecule has 0 radical (unpaired) electrons. The minimum Gasteiger partial charge on any atom is -0.474 e. The molecule has 1 fully saturated rings. The summed E-state index contributed by atoms with van der Waals surface area (Å²) in [6.45, 7) is 3.03. The Morgan fingerprint density at radius 2 is 2.15 bits per heavy atom. The number of nitrogens with zero attached hydrogens (tertiary/aromatic N) is 6. The van der Waals surface area contributed by atoms with Gasteiger partial charge in [-0.15, -0.1) is 0 Å². The summed E-state index contributed by atoms with van der Waals surface area (Å²) in [6.07, 6.45) is 4.33. The van der Waals surface area contributed by atoms with Gasteiger partial charge in [-0.3, -0.25) is 15.2 Å². The van der Waals surface area contributed by atoms with Crippen LogP contribution in [0.1, 0.15) is 12.1 Å². The van der Waals surface area contributed by atoms with Gasteiger partial charge in [0.25, 0.3) is 0 Å². The van der Waals surface area contributed by atoms with Crippen LogP contribution in [0.25, 0.3) is 11.3 Å². The smallest absolute Gasteiger partial charge is 0.329 e. The predicted octanol–water partition coefficient (Wildman–Crippen LogP) is 1.60. The number of carbonyl (C=O) groups excluding carboxylic acids is 1.